The van der Waals surface area contributed by atoms with E-state index in [0.717, 1.165) is 25.7 Å². The van der Waals surface area contributed by atoms with E-state index in [1.165, 1.54) is 6.07 Å². The minimum atomic E-state index is -0.661. The molecule has 0 bridgehead atoms. The number of benzene rings is 1. The number of hydrogen-bond donors (Lipinski definition) is 2. The number of ether oxygens (including phenoxy) is 1. The van der Waals surface area contributed by atoms with E-state index in [4.69, 9.17) is 22.1 Å². The molecule has 2 rings (SSSR count). The standard InChI is InChI=1S/C15H21ClFNO2/c1-2-20-15-11(16)7-10(8-12(15)17)13(18)14(19)9-5-3-4-6-9/h7-9,13-14,19H,2-6,18H2,1H3/t13-,14+/m1/s1. The van der Waals surface area contributed by atoms with Crippen LogP contribution in [0.4, 0.5) is 4.39 Å². The number of nitrogens with two attached hydrogens (primary N) is 1. The predicted octanol–water partition coefficient (Wildman–Crippen LogP) is 3.43. The fourth-order valence-corrected chi connectivity index (χ4v) is 3.11. The van der Waals surface area contributed by atoms with Crippen LogP contribution in [0.1, 0.15) is 44.2 Å². The summed E-state index contributed by atoms with van der Waals surface area (Å²) in [5.74, 6) is -0.303. The first-order chi connectivity index (χ1) is 9.54. The zero-order valence-corrected chi connectivity index (χ0v) is 12.4. The van der Waals surface area contributed by atoms with Crippen LogP contribution in [0.5, 0.6) is 5.75 Å². The Labute approximate surface area is 123 Å². The van der Waals surface area contributed by atoms with E-state index in [1.807, 2.05) is 0 Å². The lowest BCUT2D eigenvalue weighted by Gasteiger charge is -2.25. The number of halogens is 2. The van der Waals surface area contributed by atoms with Crippen molar-refractivity contribution < 1.29 is 14.2 Å². The first-order valence-corrected chi connectivity index (χ1v) is 7.47. The molecule has 0 spiro atoms. The second-order valence-electron chi connectivity index (χ2n) is 5.31. The lowest BCUT2D eigenvalue weighted by Crippen LogP contribution is -2.32. The Bertz CT molecular complexity index is 440. The van der Waals surface area contributed by atoms with Crippen molar-refractivity contribution >= 4 is 11.6 Å². The summed E-state index contributed by atoms with van der Waals surface area (Å²) in [6, 6.07) is 2.26. The summed E-state index contributed by atoms with van der Waals surface area (Å²) < 4.78 is 19.1. The first kappa shape index (κ1) is 15.5. The number of hydrogen-bond acceptors (Lipinski definition) is 3. The van der Waals surface area contributed by atoms with E-state index in [1.54, 1.807) is 13.0 Å². The maximum absolute atomic E-state index is 14.0. The van der Waals surface area contributed by atoms with Crippen molar-refractivity contribution in [3.63, 3.8) is 0 Å². The first-order valence-electron chi connectivity index (χ1n) is 7.10. The molecule has 0 unspecified atom stereocenters. The Kier molecular flexibility index (Phi) is 5.24. The highest BCUT2D eigenvalue weighted by atomic mass is 35.5. The Hall–Kier alpha value is -0.840. The Morgan fingerprint density at radius 1 is 1.45 bits per heavy atom. The van der Waals surface area contributed by atoms with Crippen molar-refractivity contribution in [3.05, 3.63) is 28.5 Å². The minimum Gasteiger partial charge on any atom is -0.489 e. The largest absolute Gasteiger partial charge is 0.489 e. The normalized spacial score (nSPS) is 19.1. The molecule has 2 atom stereocenters. The van der Waals surface area contributed by atoms with Crippen LogP contribution in [-0.4, -0.2) is 17.8 Å². The minimum absolute atomic E-state index is 0.0421. The molecule has 0 aliphatic heterocycles. The summed E-state index contributed by atoms with van der Waals surface area (Å²) in [7, 11) is 0. The van der Waals surface area contributed by atoms with Gasteiger partial charge in [-0.25, -0.2) is 4.39 Å². The van der Waals surface area contributed by atoms with Gasteiger partial charge in [-0.05, 0) is 43.4 Å². The highest BCUT2D eigenvalue weighted by Crippen LogP contribution is 2.35. The zero-order chi connectivity index (χ0) is 14.7. The Morgan fingerprint density at radius 2 is 2.10 bits per heavy atom. The average Bonchev–Trinajstić information content (AvgIpc) is 2.95. The van der Waals surface area contributed by atoms with E-state index < -0.39 is 18.0 Å². The maximum Gasteiger partial charge on any atom is 0.173 e. The maximum atomic E-state index is 14.0. The van der Waals surface area contributed by atoms with Crippen molar-refractivity contribution in [3.8, 4) is 5.75 Å². The summed E-state index contributed by atoms with van der Waals surface area (Å²) in [6.07, 6.45) is 3.52. The number of rotatable bonds is 5. The summed E-state index contributed by atoms with van der Waals surface area (Å²) >= 11 is 6.02. The van der Waals surface area contributed by atoms with Crippen molar-refractivity contribution in [1.82, 2.24) is 0 Å². The average molecular weight is 302 g/mol. The van der Waals surface area contributed by atoms with Crippen LogP contribution in [-0.2, 0) is 0 Å². The third kappa shape index (κ3) is 3.25. The van der Waals surface area contributed by atoms with Gasteiger partial charge in [0.05, 0.1) is 23.8 Å². The molecule has 0 heterocycles. The third-order valence-electron chi connectivity index (χ3n) is 3.94. The molecule has 1 aromatic carbocycles. The van der Waals surface area contributed by atoms with Crippen LogP contribution < -0.4 is 10.5 Å². The fraction of sp³-hybridized carbons (Fsp3) is 0.600. The molecule has 1 saturated carbocycles. The van der Waals surface area contributed by atoms with Gasteiger partial charge >= 0.3 is 0 Å². The summed E-state index contributed by atoms with van der Waals surface area (Å²) in [5.41, 5.74) is 6.57. The lowest BCUT2D eigenvalue weighted by molar-refractivity contribution is 0.0844. The molecule has 1 aliphatic rings. The van der Waals surface area contributed by atoms with Crippen LogP contribution in [0.25, 0.3) is 0 Å². The van der Waals surface area contributed by atoms with Crippen molar-refractivity contribution in [2.75, 3.05) is 6.61 Å². The zero-order valence-electron chi connectivity index (χ0n) is 11.6. The van der Waals surface area contributed by atoms with Gasteiger partial charge in [-0.15, -0.1) is 0 Å². The quantitative estimate of drug-likeness (QED) is 0.876. The van der Waals surface area contributed by atoms with E-state index >= 15 is 0 Å². The summed E-state index contributed by atoms with van der Waals surface area (Å²) in [6.45, 7) is 2.10. The monoisotopic (exact) mass is 301 g/mol. The van der Waals surface area contributed by atoms with Gasteiger partial charge in [0.1, 0.15) is 0 Å². The third-order valence-corrected chi connectivity index (χ3v) is 4.23. The highest BCUT2D eigenvalue weighted by molar-refractivity contribution is 6.32. The van der Waals surface area contributed by atoms with Gasteiger partial charge in [-0.1, -0.05) is 24.4 Å². The molecular formula is C15H21ClFNO2. The van der Waals surface area contributed by atoms with Crippen molar-refractivity contribution in [2.24, 2.45) is 11.7 Å². The molecule has 112 valence electrons. The van der Waals surface area contributed by atoms with Gasteiger partial charge in [0.2, 0.25) is 0 Å². The number of aliphatic hydroxyl groups is 1. The Balaban J connectivity index is 2.19. The van der Waals surface area contributed by atoms with Crippen LogP contribution >= 0.6 is 11.6 Å². The lowest BCUT2D eigenvalue weighted by atomic mass is 9.91. The molecule has 3 nitrogen and oxygen atoms in total. The second kappa shape index (κ2) is 6.74. The molecule has 1 aliphatic carbocycles. The fourth-order valence-electron chi connectivity index (χ4n) is 2.84. The highest BCUT2D eigenvalue weighted by Gasteiger charge is 2.29. The van der Waals surface area contributed by atoms with Crippen LogP contribution in [0.15, 0.2) is 12.1 Å². The van der Waals surface area contributed by atoms with Crippen molar-refractivity contribution in [2.45, 2.75) is 44.8 Å². The molecule has 1 fully saturated rings. The van der Waals surface area contributed by atoms with E-state index in [2.05, 4.69) is 0 Å². The van der Waals surface area contributed by atoms with Gasteiger partial charge in [0.25, 0.3) is 0 Å². The van der Waals surface area contributed by atoms with Gasteiger partial charge in [0.15, 0.2) is 11.6 Å². The topological polar surface area (TPSA) is 55.5 Å². The number of aliphatic hydroxyl groups excluding tert-OH is 1. The molecule has 0 aromatic heterocycles. The van der Waals surface area contributed by atoms with Gasteiger partial charge in [-0.3, -0.25) is 0 Å². The van der Waals surface area contributed by atoms with Crippen LogP contribution in [0.3, 0.4) is 0 Å². The SMILES string of the molecule is CCOc1c(F)cc([C@@H](N)[C@@H](O)C2CCCC2)cc1Cl. The molecular weight excluding hydrogens is 281 g/mol. The molecule has 0 radical (unpaired) electrons. The van der Waals surface area contributed by atoms with Crippen LogP contribution in [0.2, 0.25) is 5.02 Å². The second-order valence-corrected chi connectivity index (χ2v) is 5.71. The van der Waals surface area contributed by atoms with Gasteiger partial charge < -0.3 is 15.6 Å². The molecule has 20 heavy (non-hydrogen) atoms. The molecule has 1 aromatic rings. The smallest absolute Gasteiger partial charge is 0.173 e. The van der Waals surface area contributed by atoms with Gasteiger partial charge in [-0.2, -0.15) is 0 Å². The van der Waals surface area contributed by atoms with Crippen LogP contribution in [0, 0.1) is 11.7 Å². The Morgan fingerprint density at radius 3 is 2.65 bits per heavy atom. The summed E-state index contributed by atoms with van der Waals surface area (Å²) in [5, 5.41) is 10.5. The van der Waals surface area contributed by atoms with E-state index in [-0.39, 0.29) is 16.7 Å². The molecule has 0 amide bonds. The predicted molar refractivity (Wildman–Crippen MR) is 77.5 cm³/mol. The van der Waals surface area contributed by atoms with E-state index in [9.17, 15) is 9.50 Å². The summed E-state index contributed by atoms with van der Waals surface area (Å²) in [4.78, 5) is 0. The van der Waals surface area contributed by atoms with Crippen molar-refractivity contribution in [1.29, 1.82) is 0 Å². The molecule has 5 heteroatoms. The van der Waals surface area contributed by atoms with E-state index in [0.29, 0.717) is 12.2 Å². The van der Waals surface area contributed by atoms with Gasteiger partial charge in [0, 0.05) is 0 Å². The molecule has 3 N–H and O–H groups in total. The molecule has 0 saturated heterocycles.